The molecule has 26 heavy (non-hydrogen) atoms. The average molecular weight is 370 g/mol. The van der Waals surface area contributed by atoms with Crippen LogP contribution in [0.3, 0.4) is 0 Å². The zero-order valence-corrected chi connectivity index (χ0v) is 15.6. The number of nitrogens with one attached hydrogen (secondary N) is 3. The van der Waals surface area contributed by atoms with Gasteiger partial charge in [0, 0.05) is 40.4 Å². The molecule has 0 radical (unpaired) electrons. The lowest BCUT2D eigenvalue weighted by Gasteiger charge is -2.23. The van der Waals surface area contributed by atoms with E-state index in [1.807, 2.05) is 38.2 Å². The van der Waals surface area contributed by atoms with Gasteiger partial charge in [-0.3, -0.25) is 9.59 Å². The van der Waals surface area contributed by atoms with Gasteiger partial charge in [-0.2, -0.15) is 0 Å². The number of aromatic amines is 1. The number of carbonyl (C=O) groups is 2. The van der Waals surface area contributed by atoms with Gasteiger partial charge in [0.25, 0.3) is 0 Å². The zero-order chi connectivity index (χ0) is 18.9. The highest BCUT2D eigenvalue weighted by Gasteiger charge is 2.32. The Labute approximate surface area is 156 Å². The highest BCUT2D eigenvalue weighted by atomic mass is 35.5. The number of benzene rings is 2. The summed E-state index contributed by atoms with van der Waals surface area (Å²) in [5, 5.41) is 7.25. The molecule has 134 valence electrons. The van der Waals surface area contributed by atoms with Crippen molar-refractivity contribution in [1.82, 2.24) is 4.98 Å². The topological polar surface area (TPSA) is 74.0 Å². The normalized spacial score (nSPS) is 11.4. The van der Waals surface area contributed by atoms with Crippen molar-refractivity contribution in [3.05, 3.63) is 59.2 Å². The van der Waals surface area contributed by atoms with E-state index in [1.54, 1.807) is 24.3 Å². The lowest BCUT2D eigenvalue weighted by molar-refractivity contribution is -0.120. The maximum Gasteiger partial charge on any atom is 0.234 e. The number of aromatic nitrogens is 1. The Hall–Kier alpha value is -2.79. The highest BCUT2D eigenvalue weighted by molar-refractivity contribution is 6.31. The van der Waals surface area contributed by atoms with Gasteiger partial charge >= 0.3 is 0 Å². The lowest BCUT2D eigenvalue weighted by Crippen LogP contribution is -2.34. The molecule has 0 unspecified atom stereocenters. The Morgan fingerprint density at radius 1 is 1.00 bits per heavy atom. The molecule has 1 aromatic heterocycles. The van der Waals surface area contributed by atoms with E-state index in [0.29, 0.717) is 16.4 Å². The molecule has 0 spiro atoms. The second kappa shape index (κ2) is 6.84. The number of hydrogen-bond donors (Lipinski definition) is 3. The Morgan fingerprint density at radius 2 is 1.62 bits per heavy atom. The zero-order valence-electron chi connectivity index (χ0n) is 14.8. The molecule has 0 saturated carbocycles. The third kappa shape index (κ3) is 3.58. The minimum absolute atomic E-state index is 0.124. The lowest BCUT2D eigenvalue weighted by atomic mass is 9.83. The van der Waals surface area contributed by atoms with Gasteiger partial charge in [-0.05, 0) is 55.8 Å². The summed E-state index contributed by atoms with van der Waals surface area (Å²) < 4.78 is 0. The van der Waals surface area contributed by atoms with E-state index in [9.17, 15) is 9.59 Å². The summed E-state index contributed by atoms with van der Waals surface area (Å²) in [4.78, 5) is 27.1. The second-order valence-corrected chi connectivity index (χ2v) is 7.17. The first-order valence-corrected chi connectivity index (χ1v) is 8.61. The monoisotopic (exact) mass is 369 g/mol. The third-order valence-electron chi connectivity index (χ3n) is 4.35. The molecule has 6 heteroatoms. The predicted octanol–water partition coefficient (Wildman–Crippen LogP) is 4.70. The van der Waals surface area contributed by atoms with Crippen molar-refractivity contribution in [1.29, 1.82) is 0 Å². The fourth-order valence-corrected chi connectivity index (χ4v) is 3.04. The van der Waals surface area contributed by atoms with E-state index in [4.69, 9.17) is 11.6 Å². The first-order chi connectivity index (χ1) is 12.3. The van der Waals surface area contributed by atoms with Gasteiger partial charge in [0.1, 0.15) is 0 Å². The largest absolute Gasteiger partial charge is 0.361 e. The number of halogens is 1. The number of H-pyrrole nitrogens is 1. The summed E-state index contributed by atoms with van der Waals surface area (Å²) >= 11 is 6.03. The maximum absolute atomic E-state index is 12.9. The van der Waals surface area contributed by atoms with Crippen LogP contribution in [0.4, 0.5) is 11.4 Å². The quantitative estimate of drug-likeness (QED) is 0.623. The predicted molar refractivity (Wildman–Crippen MR) is 106 cm³/mol. The molecule has 2 aromatic carbocycles. The van der Waals surface area contributed by atoms with Crippen molar-refractivity contribution in [2.45, 2.75) is 26.2 Å². The van der Waals surface area contributed by atoms with Gasteiger partial charge < -0.3 is 15.6 Å². The van der Waals surface area contributed by atoms with Crippen LogP contribution < -0.4 is 10.6 Å². The van der Waals surface area contributed by atoms with Crippen LogP contribution in [0.5, 0.6) is 0 Å². The molecule has 0 aliphatic rings. The fraction of sp³-hybridized carbons (Fsp3) is 0.200. The molecule has 5 nitrogen and oxygen atoms in total. The van der Waals surface area contributed by atoms with Gasteiger partial charge in [-0.15, -0.1) is 0 Å². The molecule has 0 aliphatic heterocycles. The third-order valence-corrected chi connectivity index (χ3v) is 4.58. The molecule has 0 saturated heterocycles. The number of anilines is 2. The molecule has 3 N–H and O–H groups in total. The molecular formula is C20H20ClN3O2. The van der Waals surface area contributed by atoms with Crippen LogP contribution in [-0.2, 0) is 15.0 Å². The molecule has 1 heterocycles. The van der Waals surface area contributed by atoms with Crippen molar-refractivity contribution in [3.63, 3.8) is 0 Å². The molecule has 0 fully saturated rings. The van der Waals surface area contributed by atoms with Crippen LogP contribution in [0.25, 0.3) is 10.9 Å². The fourth-order valence-electron chi connectivity index (χ4n) is 2.87. The minimum Gasteiger partial charge on any atom is -0.361 e. The summed E-state index contributed by atoms with van der Waals surface area (Å²) in [5.74, 6) is -0.261. The molecule has 3 rings (SSSR count). The van der Waals surface area contributed by atoms with Gasteiger partial charge in [0.2, 0.25) is 11.8 Å². The maximum atomic E-state index is 12.9. The summed E-state index contributed by atoms with van der Waals surface area (Å²) in [7, 11) is 0. The van der Waals surface area contributed by atoms with E-state index in [2.05, 4.69) is 15.6 Å². The van der Waals surface area contributed by atoms with Crippen molar-refractivity contribution in [3.8, 4) is 0 Å². The Bertz CT molecular complexity index is 974. The van der Waals surface area contributed by atoms with Crippen LogP contribution in [0, 0.1) is 0 Å². The van der Waals surface area contributed by atoms with Gasteiger partial charge in [0.15, 0.2) is 0 Å². The number of rotatable bonds is 4. The van der Waals surface area contributed by atoms with Gasteiger partial charge in [0.05, 0.1) is 5.41 Å². The standard InChI is InChI=1S/C20H20ClN3O2/c1-12(25)23-14-5-7-15(8-6-14)24-19(26)20(2,3)17-11-22-18-10-13(21)4-9-16(17)18/h4-11,22H,1-3H3,(H,23,25)(H,24,26). The minimum atomic E-state index is -0.748. The van der Waals surface area contributed by atoms with E-state index < -0.39 is 5.41 Å². The molecule has 0 aliphatic carbocycles. The Kier molecular flexibility index (Phi) is 4.74. The molecule has 3 aromatic rings. The first-order valence-electron chi connectivity index (χ1n) is 8.23. The second-order valence-electron chi connectivity index (χ2n) is 6.73. The van der Waals surface area contributed by atoms with Gasteiger partial charge in [-0.25, -0.2) is 0 Å². The number of carbonyl (C=O) groups excluding carboxylic acids is 2. The van der Waals surface area contributed by atoms with Crippen molar-refractivity contribution in [2.75, 3.05) is 10.6 Å². The van der Waals surface area contributed by atoms with Crippen molar-refractivity contribution < 1.29 is 9.59 Å². The van der Waals surface area contributed by atoms with Crippen LogP contribution in [0.2, 0.25) is 5.02 Å². The molecule has 2 amide bonds. The number of hydrogen-bond acceptors (Lipinski definition) is 2. The van der Waals surface area contributed by atoms with Crippen LogP contribution in [0.15, 0.2) is 48.7 Å². The van der Waals surface area contributed by atoms with Gasteiger partial charge in [-0.1, -0.05) is 17.7 Å². The highest BCUT2D eigenvalue weighted by Crippen LogP contribution is 2.32. The van der Waals surface area contributed by atoms with Crippen molar-refractivity contribution >= 4 is 45.7 Å². The average Bonchev–Trinajstić information content (AvgIpc) is 2.99. The van der Waals surface area contributed by atoms with E-state index >= 15 is 0 Å². The van der Waals surface area contributed by atoms with E-state index in [-0.39, 0.29) is 11.8 Å². The van der Waals surface area contributed by atoms with Crippen molar-refractivity contribution in [2.24, 2.45) is 0 Å². The molecule has 0 atom stereocenters. The first kappa shape index (κ1) is 18.0. The van der Waals surface area contributed by atoms with Crippen LogP contribution in [-0.4, -0.2) is 16.8 Å². The molecular weight excluding hydrogens is 350 g/mol. The Balaban J connectivity index is 1.82. The van der Waals surface area contributed by atoms with E-state index in [1.165, 1.54) is 6.92 Å². The smallest absolute Gasteiger partial charge is 0.234 e. The summed E-state index contributed by atoms with van der Waals surface area (Å²) in [6.07, 6.45) is 1.85. The van der Waals surface area contributed by atoms with Crippen LogP contribution in [0.1, 0.15) is 26.3 Å². The summed E-state index contributed by atoms with van der Waals surface area (Å²) in [6, 6.07) is 12.6. The Morgan fingerprint density at radius 3 is 2.23 bits per heavy atom. The summed E-state index contributed by atoms with van der Waals surface area (Å²) in [5.41, 5.74) is 2.40. The number of fused-ring (bicyclic) bond motifs is 1. The summed E-state index contributed by atoms with van der Waals surface area (Å²) in [6.45, 7) is 5.21. The SMILES string of the molecule is CC(=O)Nc1ccc(NC(=O)C(C)(C)c2c[nH]c3cc(Cl)ccc23)cc1. The number of amides is 2. The van der Waals surface area contributed by atoms with E-state index in [0.717, 1.165) is 16.5 Å². The van der Waals surface area contributed by atoms with Crippen LogP contribution >= 0.6 is 11.6 Å². The molecule has 0 bridgehead atoms.